The van der Waals surface area contributed by atoms with Crippen molar-refractivity contribution in [2.24, 2.45) is 7.05 Å². The van der Waals surface area contributed by atoms with Crippen LogP contribution >= 0.6 is 0 Å². The van der Waals surface area contributed by atoms with E-state index in [0.717, 1.165) is 11.1 Å². The molecule has 0 fully saturated rings. The van der Waals surface area contributed by atoms with Crippen LogP contribution in [0.25, 0.3) is 11.4 Å². The molecule has 0 saturated heterocycles. The van der Waals surface area contributed by atoms with E-state index < -0.39 is 0 Å². The third kappa shape index (κ3) is 2.29. The molecule has 1 aromatic carbocycles. The van der Waals surface area contributed by atoms with Gasteiger partial charge in [-0.1, -0.05) is 18.2 Å². The summed E-state index contributed by atoms with van der Waals surface area (Å²) in [6.07, 6.45) is 0.0189. The fourth-order valence-corrected chi connectivity index (χ4v) is 1.61. The number of rotatable bonds is 3. The molecule has 0 saturated carbocycles. The number of methoxy groups -OCH3 is 1. The van der Waals surface area contributed by atoms with Gasteiger partial charge in [0, 0.05) is 19.7 Å². The monoisotopic (exact) mass is 233 g/mol. The minimum Gasteiger partial charge on any atom is -0.377 e. The second-order valence-corrected chi connectivity index (χ2v) is 3.91. The van der Waals surface area contributed by atoms with Gasteiger partial charge in [0.2, 0.25) is 0 Å². The molecule has 17 heavy (non-hydrogen) atoms. The summed E-state index contributed by atoms with van der Waals surface area (Å²) in [6.45, 7) is 1.97. The topological polar surface area (TPSA) is 59.9 Å². The van der Waals surface area contributed by atoms with Crippen LogP contribution in [0, 0.1) is 0 Å². The molecule has 0 radical (unpaired) electrons. The molecule has 0 aliphatic heterocycles. The molecule has 1 atom stereocenters. The molecule has 0 amide bonds. The molecule has 5 nitrogen and oxygen atoms in total. The molecule has 0 aliphatic rings. The van der Waals surface area contributed by atoms with Crippen molar-refractivity contribution >= 4 is 0 Å². The normalized spacial score (nSPS) is 12.6. The van der Waals surface area contributed by atoms with E-state index in [4.69, 9.17) is 4.74 Å². The number of aromatic nitrogens is 3. The summed E-state index contributed by atoms with van der Waals surface area (Å²) in [5.74, 6) is 0.572. The van der Waals surface area contributed by atoms with Gasteiger partial charge in [0.1, 0.15) is 0 Å². The van der Waals surface area contributed by atoms with E-state index in [0.29, 0.717) is 5.82 Å². The first kappa shape index (κ1) is 11.6. The Bertz CT molecular complexity index is 571. The molecule has 0 bridgehead atoms. The van der Waals surface area contributed by atoms with Crippen LogP contribution in [0.3, 0.4) is 0 Å². The van der Waals surface area contributed by atoms with Gasteiger partial charge < -0.3 is 4.74 Å². The molecule has 2 rings (SSSR count). The van der Waals surface area contributed by atoms with Gasteiger partial charge in [-0.3, -0.25) is 4.98 Å². The standard InChI is InChI=1S/C12H15N3O2/c1-8(17-3)9-5-4-6-10(7-9)11-13-12(16)15(2)14-11/h4-8H,1-3H3,(H,13,14,16)/t8-/m0/s1. The highest BCUT2D eigenvalue weighted by Gasteiger charge is 2.08. The molecule has 0 unspecified atom stereocenters. The summed E-state index contributed by atoms with van der Waals surface area (Å²) in [5.41, 5.74) is 1.71. The average molecular weight is 233 g/mol. The number of H-pyrrole nitrogens is 1. The average Bonchev–Trinajstić information content (AvgIpc) is 2.69. The molecular formula is C12H15N3O2. The number of nitrogens with one attached hydrogen (secondary N) is 1. The van der Waals surface area contributed by atoms with E-state index >= 15 is 0 Å². The number of ether oxygens (including phenoxy) is 1. The molecule has 1 aromatic heterocycles. The molecular weight excluding hydrogens is 218 g/mol. The lowest BCUT2D eigenvalue weighted by molar-refractivity contribution is 0.119. The molecule has 0 spiro atoms. The van der Waals surface area contributed by atoms with E-state index in [1.54, 1.807) is 14.2 Å². The van der Waals surface area contributed by atoms with Crippen LogP contribution in [0.15, 0.2) is 29.1 Å². The molecule has 2 aromatic rings. The van der Waals surface area contributed by atoms with Gasteiger partial charge in [0.15, 0.2) is 5.82 Å². The molecule has 5 heteroatoms. The smallest absolute Gasteiger partial charge is 0.343 e. The van der Waals surface area contributed by atoms with Crippen molar-refractivity contribution in [3.8, 4) is 11.4 Å². The number of hydrogen-bond acceptors (Lipinski definition) is 3. The fraction of sp³-hybridized carbons (Fsp3) is 0.333. The maximum absolute atomic E-state index is 11.3. The number of nitrogens with zero attached hydrogens (tertiary/aromatic N) is 2. The summed E-state index contributed by atoms with van der Waals surface area (Å²) < 4.78 is 6.54. The van der Waals surface area contributed by atoms with Crippen LogP contribution in [0.1, 0.15) is 18.6 Å². The Morgan fingerprint density at radius 2 is 2.24 bits per heavy atom. The van der Waals surface area contributed by atoms with Gasteiger partial charge in [-0.15, -0.1) is 0 Å². The maximum Gasteiger partial charge on any atom is 0.343 e. The van der Waals surface area contributed by atoms with Crippen LogP contribution in [-0.4, -0.2) is 21.9 Å². The number of benzene rings is 1. The van der Waals surface area contributed by atoms with Crippen molar-refractivity contribution < 1.29 is 4.74 Å². The molecule has 1 heterocycles. The predicted octanol–water partition coefficient (Wildman–Crippen LogP) is 1.48. The highest BCUT2D eigenvalue weighted by atomic mass is 16.5. The van der Waals surface area contributed by atoms with Gasteiger partial charge >= 0.3 is 5.69 Å². The van der Waals surface area contributed by atoms with E-state index in [2.05, 4.69) is 10.1 Å². The Kier molecular flexibility index (Phi) is 3.10. The summed E-state index contributed by atoms with van der Waals surface area (Å²) in [5, 5.41) is 4.11. The van der Waals surface area contributed by atoms with Crippen molar-refractivity contribution in [1.29, 1.82) is 0 Å². The highest BCUT2D eigenvalue weighted by Crippen LogP contribution is 2.21. The number of hydrogen-bond donors (Lipinski definition) is 1. The Morgan fingerprint density at radius 1 is 1.47 bits per heavy atom. The zero-order chi connectivity index (χ0) is 12.4. The minimum absolute atomic E-state index is 0.0189. The predicted molar refractivity (Wildman–Crippen MR) is 64.7 cm³/mol. The third-order valence-electron chi connectivity index (χ3n) is 2.75. The number of aryl methyl sites for hydroxylation is 1. The van der Waals surface area contributed by atoms with Gasteiger partial charge in [-0.05, 0) is 18.6 Å². The SMILES string of the molecule is CO[C@@H](C)c1cccc(-c2nn(C)c(=O)[nH]2)c1. The third-order valence-corrected chi connectivity index (χ3v) is 2.75. The largest absolute Gasteiger partial charge is 0.377 e. The lowest BCUT2D eigenvalue weighted by atomic mass is 10.1. The fourth-order valence-electron chi connectivity index (χ4n) is 1.61. The Labute approximate surface area is 99.1 Å². The van der Waals surface area contributed by atoms with Crippen LogP contribution < -0.4 is 5.69 Å². The lowest BCUT2D eigenvalue weighted by Gasteiger charge is -2.10. The van der Waals surface area contributed by atoms with Crippen LogP contribution in [0.4, 0.5) is 0 Å². The van der Waals surface area contributed by atoms with Gasteiger partial charge in [-0.2, -0.15) is 5.10 Å². The molecule has 1 N–H and O–H groups in total. The summed E-state index contributed by atoms with van der Waals surface area (Å²) in [4.78, 5) is 14.0. The van der Waals surface area contributed by atoms with Gasteiger partial charge in [0.25, 0.3) is 0 Å². The van der Waals surface area contributed by atoms with E-state index in [1.165, 1.54) is 4.68 Å². The van der Waals surface area contributed by atoms with E-state index in [9.17, 15) is 4.79 Å². The highest BCUT2D eigenvalue weighted by molar-refractivity contribution is 5.55. The second-order valence-electron chi connectivity index (χ2n) is 3.91. The minimum atomic E-state index is -0.217. The molecule has 0 aliphatic carbocycles. The summed E-state index contributed by atoms with van der Waals surface area (Å²) >= 11 is 0. The first-order valence-electron chi connectivity index (χ1n) is 5.38. The van der Waals surface area contributed by atoms with Gasteiger partial charge in [0.05, 0.1) is 6.10 Å². The van der Waals surface area contributed by atoms with Crippen molar-refractivity contribution in [3.63, 3.8) is 0 Å². The van der Waals surface area contributed by atoms with Crippen LogP contribution in [-0.2, 0) is 11.8 Å². The lowest BCUT2D eigenvalue weighted by Crippen LogP contribution is -2.13. The van der Waals surface area contributed by atoms with Crippen LogP contribution in [0.2, 0.25) is 0 Å². The van der Waals surface area contributed by atoms with Crippen LogP contribution in [0.5, 0.6) is 0 Å². The zero-order valence-electron chi connectivity index (χ0n) is 10.1. The maximum atomic E-state index is 11.3. The van der Waals surface area contributed by atoms with Crippen molar-refractivity contribution in [2.75, 3.05) is 7.11 Å². The van der Waals surface area contributed by atoms with E-state index in [1.807, 2.05) is 31.2 Å². The second kappa shape index (κ2) is 4.55. The van der Waals surface area contributed by atoms with Gasteiger partial charge in [-0.25, -0.2) is 9.48 Å². The van der Waals surface area contributed by atoms with E-state index in [-0.39, 0.29) is 11.8 Å². The zero-order valence-corrected chi connectivity index (χ0v) is 10.1. The first-order chi connectivity index (χ1) is 8.11. The Hall–Kier alpha value is -1.88. The Morgan fingerprint density at radius 3 is 2.82 bits per heavy atom. The molecule has 90 valence electrons. The number of aromatic amines is 1. The summed E-state index contributed by atoms with van der Waals surface area (Å²) in [6, 6.07) is 7.78. The van der Waals surface area contributed by atoms with Crippen molar-refractivity contribution in [2.45, 2.75) is 13.0 Å². The van der Waals surface area contributed by atoms with Crippen molar-refractivity contribution in [1.82, 2.24) is 14.8 Å². The summed E-state index contributed by atoms with van der Waals surface area (Å²) in [7, 11) is 3.28. The quantitative estimate of drug-likeness (QED) is 0.873. The van der Waals surface area contributed by atoms with Crippen molar-refractivity contribution in [3.05, 3.63) is 40.3 Å². The Balaban J connectivity index is 2.42. The first-order valence-corrected chi connectivity index (χ1v) is 5.38.